The average molecular weight is 433 g/mol. The molecule has 0 fully saturated rings. The summed E-state index contributed by atoms with van der Waals surface area (Å²) in [6.45, 7) is 0.459. The lowest BCUT2D eigenvalue weighted by atomic mass is 10.1. The van der Waals surface area contributed by atoms with Crippen molar-refractivity contribution in [1.29, 1.82) is 5.26 Å². The highest BCUT2D eigenvalue weighted by Crippen LogP contribution is 2.31. The normalized spacial score (nSPS) is 10.3. The molecule has 0 aliphatic carbocycles. The molecule has 0 saturated heterocycles. The molecule has 0 aliphatic rings. The summed E-state index contributed by atoms with van der Waals surface area (Å²) < 4.78 is 17.1. The van der Waals surface area contributed by atoms with Crippen LogP contribution >= 0.6 is 0 Å². The minimum absolute atomic E-state index is 0.00868. The zero-order valence-electron chi connectivity index (χ0n) is 17.9. The number of carbonyl (C=O) groups excluding carboxylic acids is 2. The Morgan fingerprint density at radius 2 is 1.75 bits per heavy atom. The molecule has 0 N–H and O–H groups in total. The van der Waals surface area contributed by atoms with Crippen LogP contribution in [0.1, 0.15) is 40.1 Å². The van der Waals surface area contributed by atoms with Gasteiger partial charge in [0.25, 0.3) is 0 Å². The Morgan fingerprint density at radius 1 is 1.00 bits per heavy atom. The highest BCUT2D eigenvalue weighted by atomic mass is 16.5. The van der Waals surface area contributed by atoms with Gasteiger partial charge in [0.1, 0.15) is 17.0 Å². The molecule has 1 heterocycles. The number of carbonyl (C=O) groups is 2. The fraction of sp³-hybridized carbons (Fsp3) is 0.250. The van der Waals surface area contributed by atoms with Crippen LogP contribution in [-0.4, -0.2) is 42.5 Å². The van der Waals surface area contributed by atoms with Gasteiger partial charge in [-0.25, -0.2) is 14.3 Å². The number of nitrogens with zero attached hydrogens (tertiary/aromatic N) is 3. The maximum Gasteiger partial charge on any atom is 0.357 e. The molecule has 8 heteroatoms. The van der Waals surface area contributed by atoms with Gasteiger partial charge in [-0.3, -0.25) is 0 Å². The van der Waals surface area contributed by atoms with Crippen molar-refractivity contribution in [1.82, 2.24) is 9.78 Å². The van der Waals surface area contributed by atoms with Gasteiger partial charge in [0.05, 0.1) is 32.6 Å². The first-order valence-electron chi connectivity index (χ1n) is 10.1. The molecular weight excluding hydrogens is 410 g/mol. The van der Waals surface area contributed by atoms with Crippen LogP contribution in [0.3, 0.4) is 0 Å². The predicted molar refractivity (Wildman–Crippen MR) is 117 cm³/mol. The third kappa shape index (κ3) is 4.95. The number of hydrogen-bond donors (Lipinski definition) is 0. The van der Waals surface area contributed by atoms with E-state index in [4.69, 9.17) is 19.5 Å². The Kier molecular flexibility index (Phi) is 7.60. The lowest BCUT2D eigenvalue weighted by Gasteiger charge is -2.08. The number of ether oxygens (including phenoxy) is 3. The smallest absolute Gasteiger partial charge is 0.357 e. The topological polar surface area (TPSA) is 103 Å². The summed E-state index contributed by atoms with van der Waals surface area (Å²) in [5.41, 5.74) is 1.43. The third-order valence-electron chi connectivity index (χ3n) is 4.71. The van der Waals surface area contributed by atoms with Crippen LogP contribution < -0.4 is 4.74 Å². The first kappa shape index (κ1) is 22.6. The van der Waals surface area contributed by atoms with Crippen LogP contribution in [-0.2, 0) is 9.47 Å². The van der Waals surface area contributed by atoms with Crippen LogP contribution in [0.5, 0.6) is 5.75 Å². The number of unbranched alkanes of at least 4 members (excludes halogenated alkanes) is 2. The maximum atomic E-state index is 12.7. The van der Waals surface area contributed by atoms with Crippen molar-refractivity contribution in [3.63, 3.8) is 0 Å². The van der Waals surface area contributed by atoms with E-state index in [0.29, 0.717) is 30.0 Å². The highest BCUT2D eigenvalue weighted by molar-refractivity contribution is 6.06. The molecule has 164 valence electrons. The largest absolute Gasteiger partial charge is 0.494 e. The van der Waals surface area contributed by atoms with E-state index in [-0.39, 0.29) is 17.0 Å². The molecule has 8 nitrogen and oxygen atoms in total. The van der Waals surface area contributed by atoms with Crippen molar-refractivity contribution < 1.29 is 23.8 Å². The standard InChI is InChI=1S/C24H23N3O5/c1-30-23(28)20-21(17-10-9-13-19(16-17)32-15-8-4-7-14-25)26-27(22(20)24(29)31-2)18-11-5-3-6-12-18/h3,5-6,9-13,16H,4,7-8,15H2,1-2H3. The minimum atomic E-state index is -0.710. The number of benzene rings is 2. The Hall–Kier alpha value is -4.12. The van der Waals surface area contributed by atoms with Crippen molar-refractivity contribution in [3.05, 3.63) is 65.9 Å². The second kappa shape index (κ2) is 10.8. The van der Waals surface area contributed by atoms with E-state index in [1.807, 2.05) is 6.07 Å². The maximum absolute atomic E-state index is 12.7. The van der Waals surface area contributed by atoms with Crippen LogP contribution in [0.25, 0.3) is 16.9 Å². The van der Waals surface area contributed by atoms with Gasteiger partial charge in [0.2, 0.25) is 0 Å². The molecule has 32 heavy (non-hydrogen) atoms. The SMILES string of the molecule is COC(=O)c1c(-c2cccc(OCCCCC#N)c2)nn(-c2ccccc2)c1C(=O)OC. The summed E-state index contributed by atoms with van der Waals surface area (Å²) in [6, 6.07) is 18.2. The van der Waals surface area contributed by atoms with Crippen molar-refractivity contribution in [2.45, 2.75) is 19.3 Å². The number of hydrogen-bond acceptors (Lipinski definition) is 7. The summed E-state index contributed by atoms with van der Waals surface area (Å²) in [4.78, 5) is 25.4. The van der Waals surface area contributed by atoms with E-state index in [1.54, 1.807) is 48.5 Å². The zero-order chi connectivity index (χ0) is 22.9. The van der Waals surface area contributed by atoms with Crippen molar-refractivity contribution >= 4 is 11.9 Å². The van der Waals surface area contributed by atoms with Crippen molar-refractivity contribution in [2.24, 2.45) is 0 Å². The molecule has 0 spiro atoms. The fourth-order valence-electron chi connectivity index (χ4n) is 3.19. The lowest BCUT2D eigenvalue weighted by molar-refractivity contribution is 0.0549. The molecule has 1 aromatic heterocycles. The molecule has 0 radical (unpaired) electrons. The molecule has 2 aromatic carbocycles. The van der Waals surface area contributed by atoms with Gasteiger partial charge in [-0.2, -0.15) is 10.4 Å². The van der Waals surface area contributed by atoms with Gasteiger partial charge >= 0.3 is 11.9 Å². The summed E-state index contributed by atoms with van der Waals surface area (Å²) in [5.74, 6) is -0.826. The molecule has 0 saturated carbocycles. The van der Waals surface area contributed by atoms with Gasteiger partial charge in [-0.1, -0.05) is 30.3 Å². The van der Waals surface area contributed by atoms with E-state index in [0.717, 1.165) is 12.8 Å². The average Bonchev–Trinajstić information content (AvgIpc) is 3.24. The number of methoxy groups -OCH3 is 2. The molecule has 0 aliphatic heterocycles. The Morgan fingerprint density at radius 3 is 2.44 bits per heavy atom. The van der Waals surface area contributed by atoms with Gasteiger partial charge in [0.15, 0.2) is 5.69 Å². The van der Waals surface area contributed by atoms with Crippen molar-refractivity contribution in [3.8, 4) is 28.8 Å². The lowest BCUT2D eigenvalue weighted by Crippen LogP contribution is -2.15. The van der Waals surface area contributed by atoms with Crippen LogP contribution in [0, 0.1) is 11.3 Å². The second-order valence-electron chi connectivity index (χ2n) is 6.79. The van der Waals surface area contributed by atoms with Crippen molar-refractivity contribution in [2.75, 3.05) is 20.8 Å². The number of aromatic nitrogens is 2. The Balaban J connectivity index is 2.07. The first-order chi connectivity index (χ1) is 15.6. The predicted octanol–water partition coefficient (Wildman–Crippen LogP) is 4.19. The molecular formula is C24H23N3O5. The highest BCUT2D eigenvalue weighted by Gasteiger charge is 2.31. The summed E-state index contributed by atoms with van der Waals surface area (Å²) in [7, 11) is 2.49. The quantitative estimate of drug-likeness (QED) is 0.368. The van der Waals surface area contributed by atoms with E-state index in [9.17, 15) is 9.59 Å². The van der Waals surface area contributed by atoms with E-state index >= 15 is 0 Å². The molecule has 0 amide bonds. The number of rotatable bonds is 9. The summed E-state index contributed by atoms with van der Waals surface area (Å²) in [6.07, 6.45) is 1.99. The Bertz CT molecular complexity index is 1130. The molecule has 3 aromatic rings. The van der Waals surface area contributed by atoms with E-state index in [1.165, 1.54) is 18.9 Å². The first-order valence-corrected chi connectivity index (χ1v) is 10.1. The van der Waals surface area contributed by atoms with Crippen LogP contribution in [0.15, 0.2) is 54.6 Å². The van der Waals surface area contributed by atoms with Gasteiger partial charge < -0.3 is 14.2 Å². The summed E-state index contributed by atoms with van der Waals surface area (Å²) >= 11 is 0. The zero-order valence-corrected chi connectivity index (χ0v) is 17.9. The molecule has 0 atom stereocenters. The number of nitriles is 1. The van der Waals surface area contributed by atoms with E-state index < -0.39 is 11.9 Å². The number of para-hydroxylation sites is 1. The monoisotopic (exact) mass is 433 g/mol. The molecule has 0 unspecified atom stereocenters. The van der Waals surface area contributed by atoms with Crippen LogP contribution in [0.2, 0.25) is 0 Å². The summed E-state index contributed by atoms with van der Waals surface area (Å²) in [5, 5.41) is 13.2. The fourth-order valence-corrected chi connectivity index (χ4v) is 3.19. The minimum Gasteiger partial charge on any atom is -0.494 e. The Labute approximate surface area is 185 Å². The molecule has 0 bridgehead atoms. The van der Waals surface area contributed by atoms with E-state index in [2.05, 4.69) is 11.2 Å². The molecule has 3 rings (SSSR count). The van der Waals surface area contributed by atoms with Gasteiger partial charge in [0, 0.05) is 12.0 Å². The van der Waals surface area contributed by atoms with Gasteiger partial charge in [-0.05, 0) is 37.1 Å². The third-order valence-corrected chi connectivity index (χ3v) is 4.71. The second-order valence-corrected chi connectivity index (χ2v) is 6.79. The number of esters is 2. The van der Waals surface area contributed by atoms with Gasteiger partial charge in [-0.15, -0.1) is 0 Å². The van der Waals surface area contributed by atoms with Crippen LogP contribution in [0.4, 0.5) is 0 Å².